The summed E-state index contributed by atoms with van der Waals surface area (Å²) >= 11 is 0. The summed E-state index contributed by atoms with van der Waals surface area (Å²) in [7, 11) is 1.11. The van der Waals surface area contributed by atoms with Crippen LogP contribution in [0.25, 0.3) is 0 Å². The molecule has 4 nitrogen and oxygen atoms in total. The molecule has 142 valence electrons. The molecule has 1 aliphatic rings. The minimum atomic E-state index is -1.57. The molecule has 5 heteroatoms. The van der Waals surface area contributed by atoms with E-state index < -0.39 is 25.4 Å². The van der Waals surface area contributed by atoms with E-state index in [-0.39, 0.29) is 0 Å². The zero-order chi connectivity index (χ0) is 19.3. The summed E-state index contributed by atoms with van der Waals surface area (Å²) in [6.07, 6.45) is 3.82. The predicted octanol–water partition coefficient (Wildman–Crippen LogP) is 4.81. The summed E-state index contributed by atoms with van der Waals surface area (Å²) in [4.78, 5) is 25.1. The molecule has 1 rings (SSSR count). The van der Waals surface area contributed by atoms with E-state index >= 15 is 0 Å². The highest BCUT2D eigenvalue weighted by atomic mass is 28.3. The van der Waals surface area contributed by atoms with Gasteiger partial charge in [-0.15, -0.1) is 0 Å². The molecule has 0 radical (unpaired) electrons. The molecule has 0 aromatic carbocycles. The maximum absolute atomic E-state index is 12.6. The Bertz CT molecular complexity index is 546. The fraction of sp³-hybridized carbons (Fsp3) is 0.700. The molecule has 0 saturated heterocycles. The van der Waals surface area contributed by atoms with Gasteiger partial charge in [0.15, 0.2) is 5.41 Å². The molecule has 0 heterocycles. The number of carbonyl (C=O) groups excluding carboxylic acids is 2. The molecule has 25 heavy (non-hydrogen) atoms. The standard InChI is InChI=1S/C20H34O4Si/c1-8-12-16-13-20(18(21)23-6,19(22)24-7)14-17(16)15(5)25(9-2,10-3)11-4/h12H,8-11,13-14H2,1-7H3/b16-12+,17-15-. The van der Waals surface area contributed by atoms with Gasteiger partial charge in [-0.1, -0.05) is 57.1 Å². The third-order valence-electron chi connectivity index (χ3n) is 6.24. The monoisotopic (exact) mass is 366 g/mol. The fourth-order valence-corrected chi connectivity index (χ4v) is 8.33. The van der Waals surface area contributed by atoms with Gasteiger partial charge in [0, 0.05) is 0 Å². The van der Waals surface area contributed by atoms with Crippen molar-refractivity contribution in [3.05, 3.63) is 22.4 Å². The smallest absolute Gasteiger partial charge is 0.323 e. The van der Waals surface area contributed by atoms with Crippen molar-refractivity contribution in [2.24, 2.45) is 5.41 Å². The molecule has 1 aliphatic carbocycles. The lowest BCUT2D eigenvalue weighted by Crippen LogP contribution is -2.39. The molecule has 0 bridgehead atoms. The first-order chi connectivity index (χ1) is 11.8. The number of esters is 2. The quantitative estimate of drug-likeness (QED) is 0.368. The Morgan fingerprint density at radius 1 is 1.00 bits per heavy atom. The minimum absolute atomic E-state index is 0.383. The Kier molecular flexibility index (Phi) is 7.66. The zero-order valence-electron chi connectivity index (χ0n) is 17.0. The van der Waals surface area contributed by atoms with Crippen molar-refractivity contribution in [1.82, 2.24) is 0 Å². The highest BCUT2D eigenvalue weighted by Crippen LogP contribution is 2.50. The summed E-state index contributed by atoms with van der Waals surface area (Å²) in [6.45, 7) is 11.1. The van der Waals surface area contributed by atoms with Gasteiger partial charge in [-0.3, -0.25) is 9.59 Å². The van der Waals surface area contributed by atoms with Crippen LogP contribution in [-0.4, -0.2) is 34.2 Å². The van der Waals surface area contributed by atoms with Crippen molar-refractivity contribution in [2.45, 2.75) is 72.0 Å². The van der Waals surface area contributed by atoms with Crippen LogP contribution in [0.15, 0.2) is 22.4 Å². The lowest BCUT2D eigenvalue weighted by atomic mass is 9.85. The number of hydrogen-bond donors (Lipinski definition) is 0. The lowest BCUT2D eigenvalue weighted by molar-refractivity contribution is -0.168. The van der Waals surface area contributed by atoms with Crippen LogP contribution >= 0.6 is 0 Å². The van der Waals surface area contributed by atoms with E-state index in [1.54, 1.807) is 0 Å². The SMILES string of the molecule is CC/C=C1\CC(C(=O)OC)(C(=O)OC)C\C1=C(/C)[Si](CC)(CC)CC. The molecular weight excluding hydrogens is 332 g/mol. The Morgan fingerprint density at radius 2 is 1.48 bits per heavy atom. The average molecular weight is 367 g/mol. The molecule has 0 aromatic heterocycles. The van der Waals surface area contributed by atoms with Gasteiger partial charge in [-0.05, 0) is 37.3 Å². The Balaban J connectivity index is 3.60. The van der Waals surface area contributed by atoms with E-state index in [1.165, 1.54) is 43.1 Å². The van der Waals surface area contributed by atoms with Gasteiger partial charge < -0.3 is 9.47 Å². The Hall–Kier alpha value is -1.36. The summed E-state index contributed by atoms with van der Waals surface area (Å²) in [5.41, 5.74) is 1.11. The first-order valence-corrected chi connectivity index (χ1v) is 12.0. The van der Waals surface area contributed by atoms with E-state index in [0.717, 1.165) is 12.0 Å². The second kappa shape index (κ2) is 8.83. The summed E-state index contributed by atoms with van der Waals surface area (Å²) in [6, 6.07) is 3.54. The van der Waals surface area contributed by atoms with Crippen molar-refractivity contribution in [3.8, 4) is 0 Å². The largest absolute Gasteiger partial charge is 0.468 e. The highest BCUT2D eigenvalue weighted by Gasteiger charge is 2.54. The summed E-state index contributed by atoms with van der Waals surface area (Å²) < 4.78 is 10.0. The molecule has 1 fully saturated rings. The number of rotatable bonds is 7. The second-order valence-electron chi connectivity index (χ2n) is 7.00. The Morgan fingerprint density at radius 3 is 1.84 bits per heavy atom. The molecule has 0 aliphatic heterocycles. The first-order valence-electron chi connectivity index (χ1n) is 9.38. The summed E-state index contributed by atoms with van der Waals surface area (Å²) in [5.74, 6) is -0.971. The number of carbonyl (C=O) groups is 2. The van der Waals surface area contributed by atoms with Crippen LogP contribution < -0.4 is 0 Å². The first kappa shape index (κ1) is 21.7. The van der Waals surface area contributed by atoms with Crippen LogP contribution in [-0.2, 0) is 19.1 Å². The molecule has 0 atom stereocenters. The van der Waals surface area contributed by atoms with Crippen LogP contribution in [0.2, 0.25) is 18.1 Å². The van der Waals surface area contributed by atoms with Crippen LogP contribution in [0.4, 0.5) is 0 Å². The maximum atomic E-state index is 12.6. The number of hydrogen-bond acceptors (Lipinski definition) is 4. The molecule has 0 unspecified atom stereocenters. The van der Waals surface area contributed by atoms with Crippen LogP contribution in [0, 0.1) is 5.41 Å². The Labute approximate surface area is 153 Å². The molecule has 0 spiro atoms. The van der Waals surface area contributed by atoms with Gasteiger partial charge in [0.05, 0.1) is 22.3 Å². The summed E-state index contributed by atoms with van der Waals surface area (Å²) in [5, 5.41) is 1.44. The second-order valence-corrected chi connectivity index (χ2v) is 12.4. The van der Waals surface area contributed by atoms with Crippen molar-refractivity contribution in [1.29, 1.82) is 0 Å². The van der Waals surface area contributed by atoms with E-state index in [2.05, 4.69) is 40.7 Å². The minimum Gasteiger partial charge on any atom is -0.468 e. The molecule has 0 N–H and O–H groups in total. The van der Waals surface area contributed by atoms with E-state index in [1.807, 2.05) is 0 Å². The van der Waals surface area contributed by atoms with Gasteiger partial charge in [0.1, 0.15) is 0 Å². The average Bonchev–Trinajstić information content (AvgIpc) is 3.03. The molecule has 1 saturated carbocycles. The molecular formula is C20H34O4Si. The molecule has 0 aromatic rings. The zero-order valence-corrected chi connectivity index (χ0v) is 18.0. The van der Waals surface area contributed by atoms with Crippen molar-refractivity contribution in [2.75, 3.05) is 14.2 Å². The maximum Gasteiger partial charge on any atom is 0.323 e. The van der Waals surface area contributed by atoms with E-state index in [9.17, 15) is 9.59 Å². The number of ether oxygens (including phenoxy) is 2. The lowest BCUT2D eigenvalue weighted by Gasteiger charge is -2.31. The van der Waals surface area contributed by atoms with Crippen molar-refractivity contribution < 1.29 is 19.1 Å². The van der Waals surface area contributed by atoms with E-state index in [0.29, 0.717) is 12.8 Å². The van der Waals surface area contributed by atoms with Gasteiger partial charge in [-0.25, -0.2) is 0 Å². The van der Waals surface area contributed by atoms with Gasteiger partial charge >= 0.3 is 11.9 Å². The third-order valence-corrected chi connectivity index (χ3v) is 12.2. The van der Waals surface area contributed by atoms with E-state index in [4.69, 9.17) is 9.47 Å². The van der Waals surface area contributed by atoms with Crippen molar-refractivity contribution >= 4 is 20.0 Å². The van der Waals surface area contributed by atoms with Crippen LogP contribution in [0.5, 0.6) is 0 Å². The predicted molar refractivity (Wildman–Crippen MR) is 104 cm³/mol. The van der Waals surface area contributed by atoms with Crippen LogP contribution in [0.1, 0.15) is 53.9 Å². The van der Waals surface area contributed by atoms with Gasteiger partial charge in [0.2, 0.25) is 0 Å². The number of methoxy groups -OCH3 is 2. The van der Waals surface area contributed by atoms with Crippen LogP contribution in [0.3, 0.4) is 0 Å². The topological polar surface area (TPSA) is 52.6 Å². The molecule has 0 amide bonds. The highest BCUT2D eigenvalue weighted by molar-refractivity contribution is 6.86. The normalized spacial score (nSPS) is 20.5. The number of allylic oxidation sites excluding steroid dienone is 4. The van der Waals surface area contributed by atoms with Gasteiger partial charge in [-0.2, -0.15) is 0 Å². The fourth-order valence-electron chi connectivity index (χ4n) is 4.35. The third kappa shape index (κ3) is 3.76. The van der Waals surface area contributed by atoms with Crippen molar-refractivity contribution in [3.63, 3.8) is 0 Å². The van der Waals surface area contributed by atoms with Gasteiger partial charge in [0.25, 0.3) is 0 Å².